The summed E-state index contributed by atoms with van der Waals surface area (Å²) in [4.78, 5) is 104. The molecule has 5 heterocycles. The summed E-state index contributed by atoms with van der Waals surface area (Å²) in [6, 6.07) is -0.000875. The minimum absolute atomic E-state index is 0. The fourth-order valence-corrected chi connectivity index (χ4v) is 5.95. The lowest BCUT2D eigenvalue weighted by Crippen LogP contribution is -2.65. The third kappa shape index (κ3) is 19.8. The SMILES string of the molecule is C.C.C.C.COC(COC[C@H](N)C(=O)O)OC.COc1c(C(=O)N[C@@H](COCC(OC)OC)C(=O)O)n(N)ccc1=O.COc1c(C(=O)O)n(N)ccc1=O.COc1c2n(ccc1=O)N[C@@H]1COC[C@@H](C(=O)O)N1C2=O. The summed E-state index contributed by atoms with van der Waals surface area (Å²) >= 11 is 0. The molecule has 0 radical (unpaired) electrons. The van der Waals surface area contributed by atoms with E-state index in [-0.39, 0.29) is 104 Å². The zero-order valence-corrected chi connectivity index (χ0v) is 39.7. The van der Waals surface area contributed by atoms with Crippen LogP contribution in [0.3, 0.4) is 0 Å². The van der Waals surface area contributed by atoms with Crippen molar-refractivity contribution >= 4 is 35.7 Å². The van der Waals surface area contributed by atoms with Crippen molar-refractivity contribution in [1.29, 1.82) is 0 Å². The molecule has 4 atom stereocenters. The first kappa shape index (κ1) is 72.4. The van der Waals surface area contributed by atoms with Gasteiger partial charge in [-0.3, -0.25) is 47.7 Å². The van der Waals surface area contributed by atoms with Crippen LogP contribution in [0.1, 0.15) is 61.2 Å². The Kier molecular flexibility index (Phi) is 33.7. The molecule has 0 aromatic carbocycles. The van der Waals surface area contributed by atoms with Gasteiger partial charge in [0.1, 0.15) is 12.2 Å². The van der Waals surface area contributed by atoms with Gasteiger partial charge in [-0.25, -0.2) is 14.4 Å². The van der Waals surface area contributed by atoms with Gasteiger partial charge in [0.2, 0.25) is 16.3 Å². The van der Waals surface area contributed by atoms with E-state index in [0.717, 1.165) is 33.9 Å². The maximum absolute atomic E-state index is 12.6. The summed E-state index contributed by atoms with van der Waals surface area (Å²) in [6.45, 7) is -0.230. The minimum Gasteiger partial charge on any atom is -0.491 e. The van der Waals surface area contributed by atoms with Crippen LogP contribution in [0.15, 0.2) is 51.2 Å². The number of methoxy groups -OCH3 is 7. The molecule has 1 saturated heterocycles. The highest BCUT2D eigenvalue weighted by atomic mass is 16.7. The Morgan fingerprint density at radius 1 is 0.658 bits per heavy atom. The molecular formula is C44H73N9O23. The second kappa shape index (κ2) is 35.4. The second-order valence-corrected chi connectivity index (χ2v) is 14.1. The maximum Gasteiger partial charge on any atom is 0.358 e. The average Bonchev–Trinajstić information content (AvgIpc) is 3.35. The topological polar surface area (TPSA) is 447 Å². The Hall–Kier alpha value is -7.85. The number of ether oxygens (including phenoxy) is 10. The quantitative estimate of drug-likeness (QED) is 0.0408. The number of fused-ring (bicyclic) bond motifs is 2. The molecule has 32 nitrogen and oxygen atoms in total. The molecule has 432 valence electrons. The van der Waals surface area contributed by atoms with E-state index in [0.29, 0.717) is 0 Å². The van der Waals surface area contributed by atoms with Crippen LogP contribution < -0.4 is 58.7 Å². The van der Waals surface area contributed by atoms with E-state index >= 15 is 0 Å². The molecule has 0 unspecified atom stereocenters. The number of nitrogens with zero attached hydrogens (tertiary/aromatic N) is 4. The van der Waals surface area contributed by atoms with Gasteiger partial charge in [-0.2, -0.15) is 0 Å². The number of nitrogens with two attached hydrogens (primary N) is 3. The summed E-state index contributed by atoms with van der Waals surface area (Å²) in [7, 11) is 9.42. The van der Waals surface area contributed by atoms with Crippen molar-refractivity contribution in [3.8, 4) is 17.2 Å². The predicted octanol–water partition coefficient (Wildman–Crippen LogP) is -2.10. The summed E-state index contributed by atoms with van der Waals surface area (Å²) in [5, 5.41) is 37.7. The van der Waals surface area contributed by atoms with Crippen molar-refractivity contribution in [3.63, 3.8) is 0 Å². The Morgan fingerprint density at radius 3 is 1.53 bits per heavy atom. The third-order valence-electron chi connectivity index (χ3n) is 9.55. The number of aromatic nitrogens is 3. The van der Waals surface area contributed by atoms with Crippen molar-refractivity contribution in [1.82, 2.24) is 24.2 Å². The zero-order chi connectivity index (χ0) is 54.4. The first-order valence-corrected chi connectivity index (χ1v) is 20.4. The average molecular weight is 1100 g/mol. The van der Waals surface area contributed by atoms with Crippen LogP contribution in [0.25, 0.3) is 0 Å². The number of aromatic carboxylic acids is 1. The largest absolute Gasteiger partial charge is 0.491 e. The van der Waals surface area contributed by atoms with Gasteiger partial charge in [-0.05, 0) is 0 Å². The lowest BCUT2D eigenvalue weighted by Gasteiger charge is -2.44. The molecule has 5 rings (SSSR count). The molecule has 1 fully saturated rings. The molecule has 2 aliphatic heterocycles. The van der Waals surface area contributed by atoms with Gasteiger partial charge in [0.25, 0.3) is 11.8 Å². The number of nitrogens with one attached hydrogen (secondary N) is 2. The maximum atomic E-state index is 12.6. The first-order valence-electron chi connectivity index (χ1n) is 20.4. The fraction of sp³-hybridized carbons (Fsp3) is 0.523. The van der Waals surface area contributed by atoms with Crippen LogP contribution in [0.5, 0.6) is 17.2 Å². The van der Waals surface area contributed by atoms with Gasteiger partial charge >= 0.3 is 23.9 Å². The van der Waals surface area contributed by atoms with Crippen LogP contribution in [-0.2, 0) is 47.5 Å². The first-order chi connectivity index (χ1) is 34.1. The minimum atomic E-state index is -1.39. The molecule has 12 N–H and O–H groups in total. The van der Waals surface area contributed by atoms with Gasteiger partial charge in [0.05, 0.1) is 61.0 Å². The summed E-state index contributed by atoms with van der Waals surface area (Å²) in [6.07, 6.45) is 1.95. The molecule has 3 aromatic heterocycles. The van der Waals surface area contributed by atoms with Gasteiger partial charge in [0.15, 0.2) is 59.0 Å². The number of carboxylic acid groups (broad SMARTS) is 4. The fourth-order valence-electron chi connectivity index (χ4n) is 5.95. The van der Waals surface area contributed by atoms with E-state index in [1.165, 1.54) is 71.6 Å². The summed E-state index contributed by atoms with van der Waals surface area (Å²) in [5.41, 5.74) is 5.88. The highest BCUT2D eigenvalue weighted by Gasteiger charge is 2.44. The van der Waals surface area contributed by atoms with Crippen molar-refractivity contribution in [2.75, 3.05) is 107 Å². The smallest absolute Gasteiger partial charge is 0.358 e. The normalized spacial score (nSPS) is 14.4. The van der Waals surface area contributed by atoms with E-state index in [2.05, 4.69) is 15.5 Å². The standard InChI is InChI=1S/C14H21N3O8.C12H13N3O6.C7H8N2O4.C7H15NO5.4CH4/c1-22-10(23-2)7-25-6-8(14(20)21)16-13(19)11-12(24-3)9(18)4-5-17(11)15;1-20-10-7(16)2-3-14-9(10)11(17)15-6(12(18)19)4-21-5-8(15)13-14;1-13-6-4(10)2-3-9(8)5(6)7(11)12;1-11-6(12-2)4-13-3-5(8)7(9)10;;;;/h4-5,8,10H,6-7,15H2,1-3H3,(H,16,19)(H,20,21);2-3,6,8,13H,4-5H2,1H3,(H,18,19);2-3H,8H2,1H3,(H,11,12);5-6H,3-4,8H2,1-2H3,(H,9,10);4*1H4/t8-;6-,8-;;5-;;;;/m00.0..../s1. The Balaban J connectivity index is -0.000000953. The summed E-state index contributed by atoms with van der Waals surface area (Å²) in [5.74, 6) is 3.84. The highest BCUT2D eigenvalue weighted by Crippen LogP contribution is 2.25. The monoisotopic (exact) mass is 1100 g/mol. The molecule has 32 heteroatoms. The number of carbonyl (C=O) groups is 6. The number of pyridine rings is 3. The van der Waals surface area contributed by atoms with E-state index in [1.54, 1.807) is 0 Å². The Labute approximate surface area is 436 Å². The lowest BCUT2D eigenvalue weighted by molar-refractivity contribution is -0.151. The van der Waals surface area contributed by atoms with Crippen molar-refractivity contribution in [2.24, 2.45) is 5.73 Å². The van der Waals surface area contributed by atoms with Crippen LogP contribution >= 0.6 is 0 Å². The van der Waals surface area contributed by atoms with E-state index in [4.69, 9.17) is 70.3 Å². The van der Waals surface area contributed by atoms with Crippen LogP contribution in [0.2, 0.25) is 0 Å². The number of hydrogen-bond donors (Lipinski definition) is 9. The molecular weight excluding hydrogens is 1020 g/mol. The highest BCUT2D eigenvalue weighted by molar-refractivity contribution is 5.99. The molecule has 0 aliphatic carbocycles. The number of rotatable bonds is 21. The summed E-state index contributed by atoms with van der Waals surface area (Å²) < 4.78 is 52.3. The van der Waals surface area contributed by atoms with Crippen LogP contribution in [0, 0.1) is 0 Å². The number of nitrogen functional groups attached to an aromatic ring is 2. The van der Waals surface area contributed by atoms with Gasteiger partial charge in [-0.1, -0.05) is 29.7 Å². The van der Waals surface area contributed by atoms with E-state index in [1.807, 2.05) is 0 Å². The number of hydrogen-bond acceptors (Lipinski definition) is 23. The number of morpholine rings is 1. The predicted molar refractivity (Wildman–Crippen MR) is 269 cm³/mol. The molecule has 0 saturated carbocycles. The number of carboxylic acids is 4. The number of amides is 2. The second-order valence-electron chi connectivity index (χ2n) is 14.1. The van der Waals surface area contributed by atoms with E-state index < -0.39 is 88.8 Å². The van der Waals surface area contributed by atoms with Gasteiger partial charge < -0.3 is 96.0 Å². The van der Waals surface area contributed by atoms with Crippen molar-refractivity contribution < 1.29 is 96.6 Å². The molecule has 0 bridgehead atoms. The zero-order valence-electron chi connectivity index (χ0n) is 39.7. The molecule has 2 amide bonds. The lowest BCUT2D eigenvalue weighted by atomic mass is 10.1. The van der Waals surface area contributed by atoms with Crippen molar-refractivity contribution in [2.45, 2.75) is 66.6 Å². The van der Waals surface area contributed by atoms with Gasteiger partial charge in [0, 0.05) is 65.2 Å². The van der Waals surface area contributed by atoms with Gasteiger partial charge in [-0.15, -0.1) is 0 Å². The van der Waals surface area contributed by atoms with E-state index in [9.17, 15) is 53.4 Å². The van der Waals surface area contributed by atoms with Crippen LogP contribution in [0.4, 0.5) is 0 Å². The third-order valence-corrected chi connectivity index (χ3v) is 9.55. The number of aliphatic carboxylic acids is 3. The molecule has 0 spiro atoms. The molecule has 76 heavy (non-hydrogen) atoms. The Bertz CT molecular complexity index is 2510. The van der Waals surface area contributed by atoms with Crippen LogP contribution in [-0.4, -0.2) is 201 Å². The Morgan fingerprint density at radius 2 is 1.11 bits per heavy atom. The molecule has 3 aromatic rings. The molecule has 2 aliphatic rings. The van der Waals surface area contributed by atoms with Crippen molar-refractivity contribution in [3.05, 3.63) is 84.5 Å². The number of carbonyl (C=O) groups excluding carboxylic acids is 2.